The molecule has 1 atom stereocenters. The highest BCUT2D eigenvalue weighted by Gasteiger charge is 2.45. The van der Waals surface area contributed by atoms with Crippen LogP contribution in [0.1, 0.15) is 22.3 Å². The van der Waals surface area contributed by atoms with E-state index in [1.807, 2.05) is 30.3 Å². The molecular weight excluding hydrogens is 326 g/mol. The first-order valence-electron chi connectivity index (χ1n) is 8.25. The van der Waals surface area contributed by atoms with Crippen LogP contribution in [0, 0.1) is 5.92 Å². The number of pyridine rings is 1. The number of hydrogen-bond donors (Lipinski definition) is 0. The summed E-state index contributed by atoms with van der Waals surface area (Å²) in [5.41, 5.74) is 1.40. The minimum Gasteiger partial charge on any atom is -0.376 e. The molecule has 0 saturated carbocycles. The third-order valence-electron chi connectivity index (χ3n) is 4.40. The molecule has 1 aromatic carbocycles. The third-order valence-corrected chi connectivity index (χ3v) is 4.40. The molecule has 2 aromatic rings. The van der Waals surface area contributed by atoms with Crippen molar-refractivity contribution in [1.29, 1.82) is 0 Å². The van der Waals surface area contributed by atoms with Crippen LogP contribution >= 0.6 is 0 Å². The van der Waals surface area contributed by atoms with Gasteiger partial charge < -0.3 is 9.64 Å². The normalized spacial score (nSPS) is 19.6. The van der Waals surface area contributed by atoms with Crippen molar-refractivity contribution in [3.63, 3.8) is 0 Å². The Bertz CT molecular complexity index is 695. The van der Waals surface area contributed by atoms with Gasteiger partial charge in [0.25, 0.3) is 11.8 Å². The molecular formula is C19H20F2N2O2. The number of carbonyl (C=O) groups is 1. The van der Waals surface area contributed by atoms with E-state index >= 15 is 0 Å². The van der Waals surface area contributed by atoms with Crippen LogP contribution in [0.15, 0.2) is 54.9 Å². The summed E-state index contributed by atoms with van der Waals surface area (Å²) in [7, 11) is 0. The molecule has 0 radical (unpaired) electrons. The average Bonchev–Trinajstić information content (AvgIpc) is 2.64. The first-order valence-corrected chi connectivity index (χ1v) is 8.25. The summed E-state index contributed by atoms with van der Waals surface area (Å²) in [6.45, 7) is 0.236. The van der Waals surface area contributed by atoms with E-state index in [1.165, 1.54) is 17.3 Å². The molecule has 1 saturated heterocycles. The van der Waals surface area contributed by atoms with Gasteiger partial charge in [0.1, 0.15) is 0 Å². The SMILES string of the molecule is O=C(c1ccncc1)N1CCC(F)(F)[C@@H](COCc2ccccc2)C1. The summed E-state index contributed by atoms with van der Waals surface area (Å²) < 4.78 is 33.9. The maximum atomic E-state index is 14.2. The molecule has 1 amide bonds. The van der Waals surface area contributed by atoms with Crippen molar-refractivity contribution in [3.05, 3.63) is 66.0 Å². The Kier molecular flexibility index (Phi) is 5.38. The van der Waals surface area contributed by atoms with E-state index < -0.39 is 11.8 Å². The molecule has 25 heavy (non-hydrogen) atoms. The summed E-state index contributed by atoms with van der Waals surface area (Å²) in [5.74, 6) is -4.08. The molecule has 0 N–H and O–H groups in total. The van der Waals surface area contributed by atoms with E-state index in [1.54, 1.807) is 12.1 Å². The van der Waals surface area contributed by atoms with Gasteiger partial charge in [-0.25, -0.2) is 8.78 Å². The quantitative estimate of drug-likeness (QED) is 0.833. The van der Waals surface area contributed by atoms with Gasteiger partial charge in [0.15, 0.2) is 0 Å². The van der Waals surface area contributed by atoms with Crippen LogP contribution in [0.3, 0.4) is 0 Å². The van der Waals surface area contributed by atoms with Crippen molar-refractivity contribution < 1.29 is 18.3 Å². The number of alkyl halides is 2. The molecule has 2 heterocycles. The van der Waals surface area contributed by atoms with Gasteiger partial charge in [-0.05, 0) is 17.7 Å². The van der Waals surface area contributed by atoms with Crippen LogP contribution in [-0.2, 0) is 11.3 Å². The smallest absolute Gasteiger partial charge is 0.256 e. The molecule has 0 spiro atoms. The predicted molar refractivity (Wildman–Crippen MR) is 89.3 cm³/mol. The molecule has 1 aliphatic rings. The number of halogens is 2. The highest BCUT2D eigenvalue weighted by atomic mass is 19.3. The fourth-order valence-electron chi connectivity index (χ4n) is 2.91. The van der Waals surface area contributed by atoms with E-state index in [4.69, 9.17) is 4.74 Å². The van der Waals surface area contributed by atoms with Crippen LogP contribution in [-0.4, -0.2) is 41.4 Å². The summed E-state index contributed by atoms with van der Waals surface area (Å²) in [5, 5.41) is 0. The van der Waals surface area contributed by atoms with Gasteiger partial charge in [-0.2, -0.15) is 0 Å². The molecule has 1 fully saturated rings. The Morgan fingerprint density at radius 1 is 1.20 bits per heavy atom. The van der Waals surface area contributed by atoms with Crippen molar-refractivity contribution in [3.8, 4) is 0 Å². The molecule has 0 aliphatic carbocycles. The number of carbonyl (C=O) groups excluding carboxylic acids is 1. The lowest BCUT2D eigenvalue weighted by atomic mass is 9.93. The Morgan fingerprint density at radius 2 is 1.92 bits per heavy atom. The second-order valence-corrected chi connectivity index (χ2v) is 6.20. The lowest BCUT2D eigenvalue weighted by Crippen LogP contribution is -2.50. The number of nitrogens with zero attached hydrogens (tertiary/aromatic N) is 2. The Balaban J connectivity index is 1.60. The second-order valence-electron chi connectivity index (χ2n) is 6.20. The molecule has 1 aliphatic heterocycles. The van der Waals surface area contributed by atoms with Gasteiger partial charge in [0.2, 0.25) is 0 Å². The van der Waals surface area contributed by atoms with Crippen LogP contribution in [0.25, 0.3) is 0 Å². The van der Waals surface area contributed by atoms with Crippen molar-refractivity contribution in [1.82, 2.24) is 9.88 Å². The maximum Gasteiger partial charge on any atom is 0.256 e. The fraction of sp³-hybridized carbons (Fsp3) is 0.368. The van der Waals surface area contributed by atoms with Crippen molar-refractivity contribution in [2.45, 2.75) is 19.0 Å². The van der Waals surface area contributed by atoms with Crippen LogP contribution in [0.2, 0.25) is 0 Å². The van der Waals surface area contributed by atoms with Gasteiger partial charge in [-0.3, -0.25) is 9.78 Å². The van der Waals surface area contributed by atoms with E-state index in [2.05, 4.69) is 4.98 Å². The van der Waals surface area contributed by atoms with Gasteiger partial charge >= 0.3 is 0 Å². The fourth-order valence-corrected chi connectivity index (χ4v) is 2.91. The van der Waals surface area contributed by atoms with E-state index in [0.29, 0.717) is 5.56 Å². The lowest BCUT2D eigenvalue weighted by molar-refractivity contribution is -0.124. The number of piperidine rings is 1. The number of hydrogen-bond acceptors (Lipinski definition) is 3. The zero-order valence-electron chi connectivity index (χ0n) is 13.8. The Hall–Kier alpha value is -2.34. The van der Waals surface area contributed by atoms with Gasteiger partial charge in [0.05, 0.1) is 19.1 Å². The molecule has 3 rings (SSSR count). The van der Waals surface area contributed by atoms with Crippen LogP contribution in [0.4, 0.5) is 8.78 Å². The van der Waals surface area contributed by atoms with E-state index in [-0.39, 0.29) is 38.6 Å². The van der Waals surface area contributed by atoms with E-state index in [9.17, 15) is 13.6 Å². The Labute approximate surface area is 145 Å². The first kappa shape index (κ1) is 17.5. The molecule has 0 bridgehead atoms. The van der Waals surface area contributed by atoms with Gasteiger partial charge in [-0.1, -0.05) is 30.3 Å². The number of rotatable bonds is 5. The minimum absolute atomic E-state index is 0.0110. The number of amides is 1. The monoisotopic (exact) mass is 346 g/mol. The van der Waals surface area contributed by atoms with Gasteiger partial charge in [-0.15, -0.1) is 0 Å². The number of benzene rings is 1. The summed E-state index contributed by atoms with van der Waals surface area (Å²) in [6, 6.07) is 12.6. The molecule has 132 valence electrons. The largest absolute Gasteiger partial charge is 0.376 e. The third kappa shape index (κ3) is 4.39. The van der Waals surface area contributed by atoms with Crippen molar-refractivity contribution in [2.24, 2.45) is 5.92 Å². The predicted octanol–water partition coefficient (Wildman–Crippen LogP) is 3.40. The van der Waals surface area contributed by atoms with Crippen LogP contribution < -0.4 is 0 Å². The highest BCUT2D eigenvalue weighted by molar-refractivity contribution is 5.94. The Morgan fingerprint density at radius 3 is 2.64 bits per heavy atom. The van der Waals surface area contributed by atoms with Crippen LogP contribution in [0.5, 0.6) is 0 Å². The standard InChI is InChI=1S/C19H20F2N2O2/c20-19(21)8-11-23(18(24)16-6-9-22-10-7-16)12-17(19)14-25-13-15-4-2-1-3-5-15/h1-7,9-10,17H,8,11-14H2/t17-/m1/s1. The average molecular weight is 346 g/mol. The van der Waals surface area contributed by atoms with Crippen molar-refractivity contribution >= 4 is 5.91 Å². The maximum absolute atomic E-state index is 14.2. The zero-order valence-corrected chi connectivity index (χ0v) is 13.8. The summed E-state index contributed by atoms with van der Waals surface area (Å²) in [6.07, 6.45) is 2.70. The summed E-state index contributed by atoms with van der Waals surface area (Å²) in [4.78, 5) is 17.8. The molecule has 1 aromatic heterocycles. The molecule has 0 unspecified atom stereocenters. The second kappa shape index (κ2) is 7.70. The highest BCUT2D eigenvalue weighted by Crippen LogP contribution is 2.34. The number of likely N-dealkylation sites (tertiary alicyclic amines) is 1. The lowest BCUT2D eigenvalue weighted by Gasteiger charge is -2.38. The number of aromatic nitrogens is 1. The zero-order chi connectivity index (χ0) is 17.7. The number of ether oxygens (including phenoxy) is 1. The van der Waals surface area contributed by atoms with Crippen molar-refractivity contribution in [2.75, 3.05) is 19.7 Å². The molecule has 6 heteroatoms. The van der Waals surface area contributed by atoms with Gasteiger partial charge in [0, 0.05) is 37.5 Å². The first-order chi connectivity index (χ1) is 12.1. The molecule has 4 nitrogen and oxygen atoms in total. The van der Waals surface area contributed by atoms with E-state index in [0.717, 1.165) is 5.56 Å². The summed E-state index contributed by atoms with van der Waals surface area (Å²) >= 11 is 0. The minimum atomic E-state index is -2.83. The topological polar surface area (TPSA) is 42.4 Å².